The van der Waals surface area contributed by atoms with E-state index in [4.69, 9.17) is 4.74 Å². The molecule has 1 aromatic carbocycles. The van der Waals surface area contributed by atoms with Crippen molar-refractivity contribution in [3.05, 3.63) is 29.8 Å². The zero-order valence-electron chi connectivity index (χ0n) is 15.5. The number of Topliss-reactive ketones (excluding diaryl/α,β-unsaturated/α-hetero) is 1. The number of amides is 1. The van der Waals surface area contributed by atoms with Gasteiger partial charge < -0.3 is 10.1 Å². The normalized spacial score (nSPS) is 25.0. The summed E-state index contributed by atoms with van der Waals surface area (Å²) < 4.78 is 5.25. The van der Waals surface area contributed by atoms with Crippen LogP contribution in [0.3, 0.4) is 0 Å². The summed E-state index contributed by atoms with van der Waals surface area (Å²) in [6.45, 7) is 3.84. The minimum atomic E-state index is -0.346. The average molecular weight is 357 g/mol. The number of ketones is 1. The molecule has 2 aliphatic rings. The average Bonchev–Trinajstić information content (AvgIpc) is 2.59. The molecule has 0 saturated heterocycles. The number of anilines is 1. The molecule has 2 atom stereocenters. The molecule has 2 aliphatic carbocycles. The van der Waals surface area contributed by atoms with Crippen LogP contribution in [0.1, 0.15) is 57.4 Å². The molecule has 0 aromatic heterocycles. The van der Waals surface area contributed by atoms with Crippen molar-refractivity contribution in [3.8, 4) is 0 Å². The van der Waals surface area contributed by atoms with Gasteiger partial charge in [-0.15, -0.1) is 0 Å². The SMILES string of the molecule is CC(C)c1ccccc1NC(=O)COC(=O)C1C[C@H]2CCC[C@H](C1)C2=O. The molecule has 5 heteroatoms. The van der Waals surface area contributed by atoms with Crippen molar-refractivity contribution >= 4 is 23.3 Å². The highest BCUT2D eigenvalue weighted by atomic mass is 16.5. The van der Waals surface area contributed by atoms with Gasteiger partial charge >= 0.3 is 5.97 Å². The van der Waals surface area contributed by atoms with E-state index in [-0.39, 0.29) is 42.2 Å². The number of hydrogen-bond donors (Lipinski definition) is 1. The Hall–Kier alpha value is -2.17. The first kappa shape index (κ1) is 18.6. The maximum absolute atomic E-state index is 12.4. The van der Waals surface area contributed by atoms with Crippen LogP contribution in [0.5, 0.6) is 0 Å². The van der Waals surface area contributed by atoms with Crippen LogP contribution >= 0.6 is 0 Å². The Balaban J connectivity index is 1.52. The molecule has 0 radical (unpaired) electrons. The summed E-state index contributed by atoms with van der Waals surface area (Å²) >= 11 is 0. The van der Waals surface area contributed by atoms with Gasteiger partial charge in [-0.25, -0.2) is 0 Å². The maximum Gasteiger partial charge on any atom is 0.309 e. The van der Waals surface area contributed by atoms with E-state index >= 15 is 0 Å². The van der Waals surface area contributed by atoms with E-state index in [1.165, 1.54) is 0 Å². The minimum absolute atomic E-state index is 0.00629. The van der Waals surface area contributed by atoms with Gasteiger partial charge in [-0.05, 0) is 43.2 Å². The van der Waals surface area contributed by atoms with Crippen LogP contribution in [-0.4, -0.2) is 24.3 Å². The topological polar surface area (TPSA) is 72.5 Å². The Labute approximate surface area is 154 Å². The number of carbonyl (C=O) groups is 3. The summed E-state index contributed by atoms with van der Waals surface area (Å²) in [7, 11) is 0. The number of ether oxygens (including phenoxy) is 1. The Bertz CT molecular complexity index is 681. The summed E-state index contributed by atoms with van der Waals surface area (Å²) in [6, 6.07) is 7.63. The van der Waals surface area contributed by atoms with Crippen molar-refractivity contribution in [2.24, 2.45) is 17.8 Å². The Morgan fingerprint density at radius 1 is 1.15 bits per heavy atom. The largest absolute Gasteiger partial charge is 0.455 e. The first-order valence-electron chi connectivity index (χ1n) is 9.54. The highest BCUT2D eigenvalue weighted by Gasteiger charge is 2.41. The number of rotatable bonds is 5. The second-order valence-corrected chi connectivity index (χ2v) is 7.79. The van der Waals surface area contributed by atoms with Crippen LogP contribution in [0, 0.1) is 17.8 Å². The fraction of sp³-hybridized carbons (Fsp3) is 0.571. The molecule has 0 unspecified atom stereocenters. The summed E-state index contributed by atoms with van der Waals surface area (Å²) in [6.07, 6.45) is 3.98. The van der Waals surface area contributed by atoms with Crippen LogP contribution in [0.4, 0.5) is 5.69 Å². The van der Waals surface area contributed by atoms with Gasteiger partial charge in [-0.3, -0.25) is 14.4 Å². The molecule has 1 amide bonds. The van der Waals surface area contributed by atoms with Crippen molar-refractivity contribution < 1.29 is 19.1 Å². The van der Waals surface area contributed by atoms with Gasteiger partial charge in [-0.2, -0.15) is 0 Å². The first-order chi connectivity index (χ1) is 12.5. The molecular weight excluding hydrogens is 330 g/mol. The Morgan fingerprint density at radius 3 is 2.46 bits per heavy atom. The zero-order valence-corrected chi connectivity index (χ0v) is 15.5. The van der Waals surface area contributed by atoms with Crippen molar-refractivity contribution in [2.75, 3.05) is 11.9 Å². The van der Waals surface area contributed by atoms with E-state index < -0.39 is 0 Å². The second-order valence-electron chi connectivity index (χ2n) is 7.79. The highest BCUT2D eigenvalue weighted by Crippen LogP contribution is 2.40. The molecule has 3 rings (SSSR count). The number of benzene rings is 1. The van der Waals surface area contributed by atoms with Crippen molar-refractivity contribution in [2.45, 2.75) is 51.9 Å². The third-order valence-corrected chi connectivity index (χ3v) is 5.58. The smallest absolute Gasteiger partial charge is 0.309 e. The molecule has 2 saturated carbocycles. The summed E-state index contributed by atoms with van der Waals surface area (Å²) in [5.41, 5.74) is 1.80. The fourth-order valence-electron chi connectivity index (χ4n) is 4.23. The predicted octanol–water partition coefficient (Wildman–Crippen LogP) is 3.69. The van der Waals surface area contributed by atoms with E-state index in [1.54, 1.807) is 0 Å². The lowest BCUT2D eigenvalue weighted by Crippen LogP contribution is -2.40. The van der Waals surface area contributed by atoms with Gasteiger partial charge in [0, 0.05) is 17.5 Å². The number of para-hydroxylation sites is 1. The monoisotopic (exact) mass is 357 g/mol. The molecule has 26 heavy (non-hydrogen) atoms. The van der Waals surface area contributed by atoms with Crippen LogP contribution in [0.2, 0.25) is 0 Å². The van der Waals surface area contributed by atoms with Crippen LogP contribution in [-0.2, 0) is 19.1 Å². The minimum Gasteiger partial charge on any atom is -0.455 e. The van der Waals surface area contributed by atoms with Gasteiger partial charge in [0.2, 0.25) is 0 Å². The van der Waals surface area contributed by atoms with E-state index in [1.807, 2.05) is 24.3 Å². The molecular formula is C21H27NO4. The zero-order chi connectivity index (χ0) is 18.7. The molecule has 0 spiro atoms. The molecule has 0 heterocycles. The number of nitrogens with one attached hydrogen (secondary N) is 1. The molecule has 0 aliphatic heterocycles. The van der Waals surface area contributed by atoms with Gasteiger partial charge in [-0.1, -0.05) is 38.5 Å². The van der Waals surface area contributed by atoms with E-state index in [9.17, 15) is 14.4 Å². The Morgan fingerprint density at radius 2 is 1.81 bits per heavy atom. The molecule has 1 N–H and O–H groups in total. The van der Waals surface area contributed by atoms with Crippen LogP contribution in [0.25, 0.3) is 0 Å². The van der Waals surface area contributed by atoms with Gasteiger partial charge in [0.15, 0.2) is 6.61 Å². The number of esters is 1. The van der Waals surface area contributed by atoms with Gasteiger partial charge in [0.1, 0.15) is 5.78 Å². The lowest BCUT2D eigenvalue weighted by atomic mass is 9.67. The van der Waals surface area contributed by atoms with Crippen LogP contribution < -0.4 is 5.32 Å². The summed E-state index contributed by atoms with van der Waals surface area (Å²) in [5.74, 6) is -0.311. The first-order valence-corrected chi connectivity index (χ1v) is 9.54. The lowest BCUT2D eigenvalue weighted by molar-refractivity contribution is -0.155. The van der Waals surface area contributed by atoms with Crippen LogP contribution in [0.15, 0.2) is 24.3 Å². The molecule has 2 fully saturated rings. The third-order valence-electron chi connectivity index (χ3n) is 5.58. The van der Waals surface area contributed by atoms with E-state index in [0.717, 1.165) is 30.5 Å². The Kier molecular flexibility index (Phi) is 5.74. The molecule has 2 bridgehead atoms. The second kappa shape index (κ2) is 8.02. The number of fused-ring (bicyclic) bond motifs is 2. The molecule has 140 valence electrons. The summed E-state index contributed by atoms with van der Waals surface area (Å²) in [5, 5.41) is 2.83. The highest BCUT2D eigenvalue weighted by molar-refractivity contribution is 5.94. The fourth-order valence-corrected chi connectivity index (χ4v) is 4.23. The van der Waals surface area contributed by atoms with Gasteiger partial charge in [0.05, 0.1) is 5.92 Å². The molecule has 1 aromatic rings. The standard InChI is InChI=1S/C21H27NO4/c1-13(2)17-8-3-4-9-18(17)22-19(23)12-26-21(25)16-10-14-6-5-7-15(11-16)20(14)24/h3-4,8-9,13-16H,5-7,10-12H2,1-2H3,(H,22,23)/t14-,15-/m1/s1. The number of hydrogen-bond acceptors (Lipinski definition) is 4. The van der Waals surface area contributed by atoms with Crippen molar-refractivity contribution in [3.63, 3.8) is 0 Å². The van der Waals surface area contributed by atoms with E-state index in [0.29, 0.717) is 18.6 Å². The third kappa shape index (κ3) is 4.14. The predicted molar refractivity (Wildman–Crippen MR) is 98.7 cm³/mol. The summed E-state index contributed by atoms with van der Waals surface area (Å²) in [4.78, 5) is 36.7. The maximum atomic E-state index is 12.4. The van der Waals surface area contributed by atoms with Crippen molar-refractivity contribution in [1.29, 1.82) is 0 Å². The molecule has 5 nitrogen and oxygen atoms in total. The number of carbonyl (C=O) groups excluding carboxylic acids is 3. The lowest BCUT2D eigenvalue weighted by Gasteiger charge is -2.36. The van der Waals surface area contributed by atoms with Crippen molar-refractivity contribution in [1.82, 2.24) is 0 Å². The van der Waals surface area contributed by atoms with Gasteiger partial charge in [0.25, 0.3) is 5.91 Å². The van der Waals surface area contributed by atoms with E-state index in [2.05, 4.69) is 19.2 Å². The quantitative estimate of drug-likeness (QED) is 0.816.